The van der Waals surface area contributed by atoms with Crippen molar-refractivity contribution in [2.45, 2.75) is 13.8 Å². The third kappa shape index (κ3) is 2.25. The fourth-order valence-electron chi connectivity index (χ4n) is 4.11. The number of hydrogen-bond acceptors (Lipinski definition) is 2. The molecule has 28 heavy (non-hydrogen) atoms. The Morgan fingerprint density at radius 1 is 0.929 bits per heavy atom. The maximum atomic E-state index is 9.29. The monoisotopic (exact) mass is 363 g/mol. The van der Waals surface area contributed by atoms with Crippen molar-refractivity contribution in [2.75, 3.05) is 0 Å². The van der Waals surface area contributed by atoms with Crippen molar-refractivity contribution in [2.24, 2.45) is 7.05 Å². The molecule has 0 fully saturated rings. The molecule has 0 unspecified atom stereocenters. The maximum Gasteiger partial charge on any atom is 0.216 e. The van der Waals surface area contributed by atoms with E-state index in [2.05, 4.69) is 74.0 Å². The Bertz CT molecular complexity index is 1450. The van der Waals surface area contributed by atoms with Gasteiger partial charge >= 0.3 is 0 Å². The number of aryl methyl sites for hydroxylation is 2. The molecule has 0 saturated heterocycles. The smallest absolute Gasteiger partial charge is 0.216 e. The number of hydrogen-bond donors (Lipinski definition) is 0. The fourth-order valence-corrected chi connectivity index (χ4v) is 4.11. The molecule has 2 heterocycles. The van der Waals surface area contributed by atoms with E-state index in [1.165, 1.54) is 22.0 Å². The predicted octanol–water partition coefficient (Wildman–Crippen LogP) is 5.72. The SMILES string of the molecule is Cc1cc2c(oc3ccc(C#N)cc32)c(-c2ccc3ccccc3[n+]2C)c1C. The minimum atomic E-state index is 0.645. The van der Waals surface area contributed by atoms with E-state index >= 15 is 0 Å². The van der Waals surface area contributed by atoms with Crippen LogP contribution in [0.2, 0.25) is 0 Å². The van der Waals surface area contributed by atoms with Gasteiger partial charge in [-0.15, -0.1) is 0 Å². The van der Waals surface area contributed by atoms with Crippen molar-refractivity contribution in [1.82, 2.24) is 0 Å². The zero-order chi connectivity index (χ0) is 19.4. The average Bonchev–Trinajstić information content (AvgIpc) is 3.07. The Labute approximate surface area is 163 Å². The molecule has 3 nitrogen and oxygen atoms in total. The quantitative estimate of drug-likeness (QED) is 0.357. The van der Waals surface area contributed by atoms with E-state index in [0.717, 1.165) is 33.2 Å². The van der Waals surface area contributed by atoms with E-state index in [4.69, 9.17) is 4.42 Å². The Hall–Kier alpha value is -3.64. The van der Waals surface area contributed by atoms with Crippen LogP contribution in [-0.2, 0) is 7.05 Å². The number of benzene rings is 3. The molecule has 3 aromatic carbocycles. The first kappa shape index (κ1) is 16.5. The first-order valence-electron chi connectivity index (χ1n) is 9.33. The van der Waals surface area contributed by atoms with Gasteiger partial charge in [0.15, 0.2) is 0 Å². The average molecular weight is 363 g/mol. The number of aromatic nitrogens is 1. The van der Waals surface area contributed by atoms with E-state index in [9.17, 15) is 5.26 Å². The first-order chi connectivity index (χ1) is 13.6. The van der Waals surface area contributed by atoms with E-state index in [0.29, 0.717) is 5.56 Å². The molecule has 0 saturated carbocycles. The van der Waals surface area contributed by atoms with Gasteiger partial charge in [0, 0.05) is 28.3 Å². The summed E-state index contributed by atoms with van der Waals surface area (Å²) in [5, 5.41) is 12.5. The standard InChI is InChI=1S/C25H19N2O/c1-15-12-20-19-13-17(14-26)8-11-23(19)28-25(20)24(16(15)2)22-10-9-18-6-4-5-7-21(18)27(22)3/h4-13H,1-3H3/q+1. The minimum Gasteiger partial charge on any atom is -0.455 e. The van der Waals surface area contributed by atoms with Crippen LogP contribution in [0.5, 0.6) is 0 Å². The number of furan rings is 1. The van der Waals surface area contributed by atoms with Gasteiger partial charge in [-0.1, -0.05) is 12.1 Å². The zero-order valence-corrected chi connectivity index (χ0v) is 16.1. The molecule has 3 heteroatoms. The molecule has 0 radical (unpaired) electrons. The number of rotatable bonds is 1. The lowest BCUT2D eigenvalue weighted by Gasteiger charge is -2.10. The lowest BCUT2D eigenvalue weighted by molar-refractivity contribution is -0.633. The molecule has 0 N–H and O–H groups in total. The first-order valence-corrected chi connectivity index (χ1v) is 9.33. The predicted molar refractivity (Wildman–Crippen MR) is 112 cm³/mol. The number of fused-ring (bicyclic) bond motifs is 4. The van der Waals surface area contributed by atoms with Gasteiger partial charge < -0.3 is 4.42 Å². The summed E-state index contributed by atoms with van der Waals surface area (Å²) in [4.78, 5) is 0. The third-order valence-corrected chi connectivity index (χ3v) is 5.75. The third-order valence-electron chi connectivity index (χ3n) is 5.75. The lowest BCUT2D eigenvalue weighted by Crippen LogP contribution is -2.32. The summed E-state index contributed by atoms with van der Waals surface area (Å²) in [6.07, 6.45) is 0. The van der Waals surface area contributed by atoms with Crippen LogP contribution in [0.15, 0.2) is 65.1 Å². The molecule has 5 rings (SSSR count). The summed E-state index contributed by atoms with van der Waals surface area (Å²) < 4.78 is 8.54. The van der Waals surface area contributed by atoms with Gasteiger partial charge in [0.25, 0.3) is 0 Å². The molecule has 0 aliphatic carbocycles. The van der Waals surface area contributed by atoms with Crippen LogP contribution in [0, 0.1) is 25.2 Å². The van der Waals surface area contributed by atoms with Crippen LogP contribution in [-0.4, -0.2) is 0 Å². The summed E-state index contributed by atoms with van der Waals surface area (Å²) in [6, 6.07) is 22.7. The normalized spacial score (nSPS) is 11.4. The van der Waals surface area contributed by atoms with Crippen LogP contribution in [0.25, 0.3) is 44.1 Å². The summed E-state index contributed by atoms with van der Waals surface area (Å²) in [5.41, 5.74) is 8.15. The van der Waals surface area contributed by atoms with Crippen molar-refractivity contribution in [3.05, 3.63) is 77.4 Å². The number of nitriles is 1. The molecule has 0 atom stereocenters. The highest BCUT2D eigenvalue weighted by molar-refractivity contribution is 6.10. The molecule has 2 aromatic heterocycles. The van der Waals surface area contributed by atoms with Crippen molar-refractivity contribution >= 4 is 32.8 Å². The number of nitrogens with zero attached hydrogens (tertiary/aromatic N) is 2. The molecular formula is C25H19N2O+. The maximum absolute atomic E-state index is 9.29. The van der Waals surface area contributed by atoms with Crippen LogP contribution in [0.1, 0.15) is 16.7 Å². The van der Waals surface area contributed by atoms with E-state index in [1.807, 2.05) is 12.1 Å². The summed E-state index contributed by atoms with van der Waals surface area (Å²) in [7, 11) is 2.10. The molecule has 0 aliphatic heterocycles. The molecular weight excluding hydrogens is 344 g/mol. The zero-order valence-electron chi connectivity index (χ0n) is 16.1. The van der Waals surface area contributed by atoms with Gasteiger partial charge in [0.1, 0.15) is 18.2 Å². The molecule has 0 spiro atoms. The van der Waals surface area contributed by atoms with Gasteiger partial charge in [0.05, 0.1) is 17.2 Å². The topological polar surface area (TPSA) is 40.8 Å². The van der Waals surface area contributed by atoms with Gasteiger partial charge in [0.2, 0.25) is 11.2 Å². The minimum absolute atomic E-state index is 0.645. The second-order valence-corrected chi connectivity index (χ2v) is 7.33. The van der Waals surface area contributed by atoms with Crippen LogP contribution in [0.3, 0.4) is 0 Å². The highest BCUT2D eigenvalue weighted by atomic mass is 16.3. The van der Waals surface area contributed by atoms with E-state index in [-0.39, 0.29) is 0 Å². The van der Waals surface area contributed by atoms with Crippen LogP contribution in [0.4, 0.5) is 0 Å². The largest absolute Gasteiger partial charge is 0.455 e. The summed E-state index contributed by atoms with van der Waals surface area (Å²) in [6.45, 7) is 4.28. The highest BCUT2D eigenvalue weighted by Crippen LogP contribution is 2.39. The van der Waals surface area contributed by atoms with Crippen molar-refractivity contribution in [1.29, 1.82) is 5.26 Å². The second kappa shape index (κ2) is 5.94. The summed E-state index contributed by atoms with van der Waals surface area (Å²) >= 11 is 0. The van der Waals surface area contributed by atoms with Gasteiger partial charge in [-0.2, -0.15) is 9.83 Å². The van der Waals surface area contributed by atoms with E-state index < -0.39 is 0 Å². The van der Waals surface area contributed by atoms with Crippen LogP contribution < -0.4 is 4.57 Å². The van der Waals surface area contributed by atoms with Gasteiger partial charge in [-0.05, 0) is 61.4 Å². The van der Waals surface area contributed by atoms with Crippen molar-refractivity contribution in [3.63, 3.8) is 0 Å². The van der Waals surface area contributed by atoms with E-state index in [1.54, 1.807) is 6.07 Å². The van der Waals surface area contributed by atoms with Gasteiger partial charge in [-0.25, -0.2) is 0 Å². The highest BCUT2D eigenvalue weighted by Gasteiger charge is 2.23. The Kier molecular flexibility index (Phi) is 3.50. The van der Waals surface area contributed by atoms with Crippen molar-refractivity contribution < 1.29 is 8.98 Å². The molecule has 5 aromatic rings. The Morgan fingerprint density at radius 2 is 1.75 bits per heavy atom. The number of para-hydroxylation sites is 1. The molecule has 134 valence electrons. The second-order valence-electron chi connectivity index (χ2n) is 7.33. The number of pyridine rings is 1. The fraction of sp³-hybridized carbons (Fsp3) is 0.120. The lowest BCUT2D eigenvalue weighted by atomic mass is 9.95. The molecule has 0 amide bonds. The molecule has 0 aliphatic rings. The summed E-state index contributed by atoms with van der Waals surface area (Å²) in [5.74, 6) is 0. The van der Waals surface area contributed by atoms with Crippen molar-refractivity contribution in [3.8, 4) is 17.3 Å². The Balaban J connectivity index is 1.93. The Morgan fingerprint density at radius 3 is 2.57 bits per heavy atom. The van der Waals surface area contributed by atoms with Gasteiger partial charge in [-0.3, -0.25) is 0 Å². The molecule has 0 bridgehead atoms. The van der Waals surface area contributed by atoms with Crippen LogP contribution >= 0.6 is 0 Å².